The molecule has 1 aromatic carbocycles. The maximum absolute atomic E-state index is 4.43. The summed E-state index contributed by atoms with van der Waals surface area (Å²) >= 11 is 3.53. The van der Waals surface area contributed by atoms with Crippen LogP contribution in [0, 0.1) is 0 Å². The van der Waals surface area contributed by atoms with E-state index in [1.807, 2.05) is 43.3 Å². The Labute approximate surface area is 145 Å². The van der Waals surface area contributed by atoms with E-state index in [0.29, 0.717) is 17.1 Å². The largest absolute Gasteiger partial charge is 0.338 e. The van der Waals surface area contributed by atoms with Crippen molar-refractivity contribution >= 4 is 49.7 Å². The van der Waals surface area contributed by atoms with Crippen LogP contribution >= 0.6 is 15.9 Å². The van der Waals surface area contributed by atoms with Crippen molar-refractivity contribution in [3.05, 3.63) is 52.8 Å². The number of nitrogens with one attached hydrogen (secondary N) is 2. The number of fused-ring (bicyclic) bond motifs is 3. The predicted octanol–water partition coefficient (Wildman–Crippen LogP) is 3.50. The van der Waals surface area contributed by atoms with Crippen LogP contribution in [0.25, 0.3) is 22.1 Å². The molecule has 118 valence electrons. The molecule has 0 spiro atoms. The molecule has 3 aromatic heterocycles. The second kappa shape index (κ2) is 5.97. The van der Waals surface area contributed by atoms with Gasteiger partial charge in [0.1, 0.15) is 5.52 Å². The minimum Gasteiger partial charge on any atom is -0.338 e. The van der Waals surface area contributed by atoms with Gasteiger partial charge in [0.2, 0.25) is 0 Å². The van der Waals surface area contributed by atoms with Gasteiger partial charge in [0.15, 0.2) is 5.65 Å². The van der Waals surface area contributed by atoms with Crippen molar-refractivity contribution in [3.63, 3.8) is 0 Å². The quantitative estimate of drug-likeness (QED) is 0.418. The summed E-state index contributed by atoms with van der Waals surface area (Å²) in [5.41, 5.74) is 6.67. The summed E-state index contributed by atoms with van der Waals surface area (Å²) in [5, 5.41) is 13.6. The molecule has 0 unspecified atom stereocenters. The number of H-pyrrole nitrogens is 1. The standard InChI is InChI=1S/C16H12BrN7/c1-9(11-6-2-3-8-18-11)21-23-16-20-15-14(22-24-16)13-10(17)5-4-7-12(13)19-15/h2-8H,1H3,(H2,19,20,23,24)/b21-9+. The molecule has 0 saturated heterocycles. The van der Waals surface area contributed by atoms with Crippen molar-refractivity contribution < 1.29 is 0 Å². The number of hydrogen-bond acceptors (Lipinski definition) is 6. The highest BCUT2D eigenvalue weighted by Gasteiger charge is 2.11. The lowest BCUT2D eigenvalue weighted by molar-refractivity contribution is 1.01. The molecule has 0 saturated carbocycles. The second-order valence-electron chi connectivity index (χ2n) is 5.14. The lowest BCUT2D eigenvalue weighted by Gasteiger charge is -2.01. The van der Waals surface area contributed by atoms with Gasteiger partial charge in [0.05, 0.1) is 16.9 Å². The summed E-state index contributed by atoms with van der Waals surface area (Å²) in [5.74, 6) is 0.320. The zero-order valence-corrected chi connectivity index (χ0v) is 14.2. The van der Waals surface area contributed by atoms with Crippen molar-refractivity contribution in [2.45, 2.75) is 6.92 Å². The number of nitrogens with zero attached hydrogens (tertiary/aromatic N) is 5. The molecule has 0 radical (unpaired) electrons. The van der Waals surface area contributed by atoms with Crippen LogP contribution in [-0.2, 0) is 0 Å². The minimum absolute atomic E-state index is 0.320. The number of rotatable bonds is 3. The summed E-state index contributed by atoms with van der Waals surface area (Å²) in [6.07, 6.45) is 1.72. The summed E-state index contributed by atoms with van der Waals surface area (Å²) in [7, 11) is 0. The zero-order valence-electron chi connectivity index (χ0n) is 12.7. The first-order valence-corrected chi connectivity index (χ1v) is 8.04. The van der Waals surface area contributed by atoms with E-state index in [-0.39, 0.29) is 0 Å². The molecular formula is C16H12BrN7. The monoisotopic (exact) mass is 381 g/mol. The SMILES string of the molecule is C/C(=N\Nc1nnc2c(n1)[nH]c1cccc(Br)c12)c1ccccn1. The summed E-state index contributed by atoms with van der Waals surface area (Å²) in [6.45, 7) is 1.86. The maximum atomic E-state index is 4.43. The molecule has 24 heavy (non-hydrogen) atoms. The number of pyridine rings is 1. The number of anilines is 1. The Morgan fingerprint density at radius 2 is 2.08 bits per heavy atom. The fourth-order valence-electron chi connectivity index (χ4n) is 2.39. The van der Waals surface area contributed by atoms with Crippen molar-refractivity contribution in [3.8, 4) is 0 Å². The molecule has 0 aliphatic carbocycles. The highest BCUT2D eigenvalue weighted by atomic mass is 79.9. The molecule has 0 atom stereocenters. The maximum Gasteiger partial charge on any atom is 0.265 e. The third-order valence-corrected chi connectivity index (χ3v) is 4.21. The number of hydrogen-bond donors (Lipinski definition) is 2. The van der Waals surface area contributed by atoms with Gasteiger partial charge in [0, 0.05) is 16.1 Å². The predicted molar refractivity (Wildman–Crippen MR) is 97.0 cm³/mol. The Morgan fingerprint density at radius 3 is 2.92 bits per heavy atom. The fourth-order valence-corrected chi connectivity index (χ4v) is 2.95. The van der Waals surface area contributed by atoms with E-state index in [1.165, 1.54) is 0 Å². The van der Waals surface area contributed by atoms with Gasteiger partial charge in [-0.05, 0) is 31.2 Å². The van der Waals surface area contributed by atoms with Crippen LogP contribution in [0.2, 0.25) is 0 Å². The molecule has 0 aliphatic heterocycles. The smallest absolute Gasteiger partial charge is 0.265 e. The van der Waals surface area contributed by atoms with Crippen LogP contribution < -0.4 is 5.43 Å². The lowest BCUT2D eigenvalue weighted by Crippen LogP contribution is -2.04. The molecule has 3 heterocycles. The Balaban J connectivity index is 1.68. The van der Waals surface area contributed by atoms with Crippen LogP contribution in [-0.4, -0.2) is 30.9 Å². The minimum atomic E-state index is 0.320. The summed E-state index contributed by atoms with van der Waals surface area (Å²) in [6, 6.07) is 11.5. The molecule has 0 fully saturated rings. The first-order chi connectivity index (χ1) is 11.7. The van der Waals surface area contributed by atoms with Crippen LogP contribution in [0.1, 0.15) is 12.6 Å². The van der Waals surface area contributed by atoms with E-state index < -0.39 is 0 Å². The van der Waals surface area contributed by atoms with Crippen LogP contribution in [0.3, 0.4) is 0 Å². The number of benzene rings is 1. The highest BCUT2D eigenvalue weighted by molar-refractivity contribution is 9.10. The molecular weight excluding hydrogens is 370 g/mol. The van der Waals surface area contributed by atoms with Gasteiger partial charge in [-0.15, -0.1) is 10.2 Å². The topological polar surface area (TPSA) is 91.7 Å². The third-order valence-electron chi connectivity index (χ3n) is 3.55. The van der Waals surface area contributed by atoms with E-state index in [9.17, 15) is 0 Å². The normalized spacial score (nSPS) is 12.0. The van der Waals surface area contributed by atoms with E-state index in [1.54, 1.807) is 6.20 Å². The molecule has 4 rings (SSSR count). The Bertz CT molecular complexity index is 1060. The van der Waals surface area contributed by atoms with E-state index in [0.717, 1.165) is 26.8 Å². The molecule has 0 aliphatic rings. The molecule has 7 nitrogen and oxygen atoms in total. The Hall–Kier alpha value is -2.87. The van der Waals surface area contributed by atoms with Gasteiger partial charge in [0.25, 0.3) is 5.95 Å². The van der Waals surface area contributed by atoms with Crippen molar-refractivity contribution in [2.24, 2.45) is 5.10 Å². The molecule has 0 bridgehead atoms. The lowest BCUT2D eigenvalue weighted by atomic mass is 10.2. The first kappa shape index (κ1) is 14.7. The highest BCUT2D eigenvalue weighted by Crippen LogP contribution is 2.29. The second-order valence-corrected chi connectivity index (χ2v) is 6.00. The number of hydrazone groups is 1. The van der Waals surface area contributed by atoms with Crippen LogP contribution in [0.15, 0.2) is 52.2 Å². The number of aromatic amines is 1. The fraction of sp³-hybridized carbons (Fsp3) is 0.0625. The first-order valence-electron chi connectivity index (χ1n) is 7.25. The van der Waals surface area contributed by atoms with Gasteiger partial charge in [-0.3, -0.25) is 4.98 Å². The van der Waals surface area contributed by atoms with E-state index in [2.05, 4.69) is 51.6 Å². The van der Waals surface area contributed by atoms with E-state index >= 15 is 0 Å². The molecule has 8 heteroatoms. The third kappa shape index (κ3) is 2.61. The van der Waals surface area contributed by atoms with Gasteiger partial charge >= 0.3 is 0 Å². The van der Waals surface area contributed by atoms with Gasteiger partial charge in [-0.2, -0.15) is 10.1 Å². The van der Waals surface area contributed by atoms with Crippen molar-refractivity contribution in [2.75, 3.05) is 5.43 Å². The Kier molecular flexibility index (Phi) is 3.66. The van der Waals surface area contributed by atoms with Crippen molar-refractivity contribution in [1.82, 2.24) is 25.1 Å². The molecule has 2 N–H and O–H groups in total. The zero-order chi connectivity index (χ0) is 16.5. The van der Waals surface area contributed by atoms with Gasteiger partial charge in [-0.25, -0.2) is 5.43 Å². The van der Waals surface area contributed by atoms with E-state index in [4.69, 9.17) is 0 Å². The van der Waals surface area contributed by atoms with Crippen molar-refractivity contribution in [1.29, 1.82) is 0 Å². The molecule has 4 aromatic rings. The Morgan fingerprint density at radius 1 is 1.17 bits per heavy atom. The average molecular weight is 382 g/mol. The summed E-state index contributed by atoms with van der Waals surface area (Å²) < 4.78 is 0.951. The van der Waals surface area contributed by atoms with Crippen LogP contribution in [0.4, 0.5) is 5.95 Å². The average Bonchev–Trinajstić information content (AvgIpc) is 2.99. The summed E-state index contributed by atoms with van der Waals surface area (Å²) in [4.78, 5) is 11.9. The van der Waals surface area contributed by atoms with Crippen LogP contribution in [0.5, 0.6) is 0 Å². The number of aromatic nitrogens is 5. The molecule has 0 amide bonds. The van der Waals surface area contributed by atoms with Gasteiger partial charge in [-0.1, -0.05) is 28.1 Å². The number of halogens is 1. The van der Waals surface area contributed by atoms with Gasteiger partial charge < -0.3 is 4.98 Å².